The molecule has 2 aliphatic rings. The van der Waals surface area contributed by atoms with Crippen molar-refractivity contribution < 1.29 is 13.2 Å². The third-order valence-electron chi connectivity index (χ3n) is 9.14. The topological polar surface area (TPSA) is 23.9 Å². The van der Waals surface area contributed by atoms with Crippen LogP contribution in [0.15, 0.2) is 60.7 Å². The minimum absolute atomic E-state index is 0.150. The van der Waals surface area contributed by atoms with Crippen LogP contribution >= 0.6 is 23.2 Å². The average molecular weight is 643 g/mol. The summed E-state index contributed by atoms with van der Waals surface area (Å²) in [5, 5.41) is 8.11. The first-order valence-electron chi connectivity index (χ1n) is 15.6. The minimum atomic E-state index is -4.37. The van der Waals surface area contributed by atoms with Gasteiger partial charge in [-0.05, 0) is 105 Å². The second-order valence-corrected chi connectivity index (χ2v) is 13.4. The molecule has 0 amide bonds. The van der Waals surface area contributed by atoms with Gasteiger partial charge in [0.25, 0.3) is 0 Å². The first-order chi connectivity index (χ1) is 19.9. The van der Waals surface area contributed by atoms with Crippen molar-refractivity contribution in [2.45, 2.75) is 119 Å². The van der Waals surface area contributed by atoms with Gasteiger partial charge in [-0.25, -0.2) is 0 Å². The molecule has 0 heterocycles. The van der Waals surface area contributed by atoms with Crippen LogP contribution in [0.5, 0.6) is 0 Å². The Morgan fingerprint density at radius 2 is 1.53 bits per heavy atom. The van der Waals surface area contributed by atoms with Crippen molar-refractivity contribution >= 4 is 35.0 Å². The van der Waals surface area contributed by atoms with Crippen molar-refractivity contribution in [1.82, 2.24) is 0 Å². The number of allylic oxidation sites excluding steroid dienone is 5. The van der Waals surface area contributed by atoms with Gasteiger partial charge in [-0.15, -0.1) is 6.58 Å². The predicted octanol–water partition coefficient (Wildman–Crippen LogP) is 14.1. The molecule has 0 radical (unpaired) electrons. The Labute approximate surface area is 271 Å². The fraction of sp³-hybridized carbons (Fsp3) is 0.595. The van der Waals surface area contributed by atoms with Gasteiger partial charge in [0, 0.05) is 33.0 Å². The summed E-state index contributed by atoms with van der Waals surface area (Å²) in [6.07, 6.45) is 10.5. The first kappa shape index (κ1) is 41.2. The molecule has 1 aromatic carbocycles. The van der Waals surface area contributed by atoms with Crippen LogP contribution < -0.4 is 0 Å². The van der Waals surface area contributed by atoms with E-state index in [1.54, 1.807) is 0 Å². The first-order valence-corrected chi connectivity index (χ1v) is 16.3. The van der Waals surface area contributed by atoms with Crippen LogP contribution in [-0.4, -0.2) is 12.4 Å². The lowest BCUT2D eigenvalue weighted by atomic mass is 9.72. The van der Waals surface area contributed by atoms with Gasteiger partial charge in [0.2, 0.25) is 0 Å². The summed E-state index contributed by atoms with van der Waals surface area (Å²) in [6.45, 7) is 27.2. The molecule has 0 aromatic heterocycles. The highest BCUT2D eigenvalue weighted by Gasteiger charge is 2.47. The van der Waals surface area contributed by atoms with Crippen molar-refractivity contribution in [3.63, 3.8) is 0 Å². The maximum Gasteiger partial charge on any atom is 0.413 e. The Balaban J connectivity index is 0.000000550. The number of benzene rings is 1. The number of halogens is 5. The van der Waals surface area contributed by atoms with Crippen molar-refractivity contribution in [2.75, 3.05) is 0 Å². The van der Waals surface area contributed by atoms with E-state index in [4.69, 9.17) is 28.6 Å². The van der Waals surface area contributed by atoms with Crippen LogP contribution in [0, 0.1) is 28.1 Å². The van der Waals surface area contributed by atoms with Crippen molar-refractivity contribution in [3.05, 3.63) is 76.3 Å². The molecule has 43 heavy (non-hydrogen) atoms. The maximum atomic E-state index is 12.0. The van der Waals surface area contributed by atoms with Gasteiger partial charge in [-0.2, -0.15) is 13.2 Å². The lowest BCUT2D eigenvalue weighted by molar-refractivity contribution is -0.0916. The Hall–Kier alpha value is -1.78. The van der Waals surface area contributed by atoms with Crippen molar-refractivity contribution in [1.29, 1.82) is 5.41 Å². The molecule has 244 valence electrons. The maximum absolute atomic E-state index is 12.0. The van der Waals surface area contributed by atoms with Crippen molar-refractivity contribution in [3.8, 4) is 0 Å². The largest absolute Gasteiger partial charge is 0.413 e. The fourth-order valence-corrected chi connectivity index (χ4v) is 6.07. The van der Waals surface area contributed by atoms with E-state index in [9.17, 15) is 13.2 Å². The molecule has 1 N–H and O–H groups in total. The van der Waals surface area contributed by atoms with E-state index in [2.05, 4.69) is 60.4 Å². The molecule has 2 fully saturated rings. The third-order valence-corrected chi connectivity index (χ3v) is 9.77. The van der Waals surface area contributed by atoms with E-state index in [1.165, 1.54) is 58.3 Å². The summed E-state index contributed by atoms with van der Waals surface area (Å²) in [4.78, 5) is 0. The molecular formula is C37H56Cl2F3N. The molecule has 2 unspecified atom stereocenters. The van der Waals surface area contributed by atoms with E-state index >= 15 is 0 Å². The summed E-state index contributed by atoms with van der Waals surface area (Å²) in [5.41, 5.74) is 2.45. The molecule has 2 aliphatic carbocycles. The standard InChI is InChI=1S/C10H10Cl2.C10H18.C9H18.C8H10F3N/c1-3-7(2)10-8(11)5-4-6-9(10)12;1-4-10(3)7-5-9(2)6-8-10;1-4-6-9(5-2)7-8(9)3;1-5(2)7(4-12)6(3)8(9,10)11/h4-6H,2-3H2,1H3;4,9H,1,5-8H2,2-3H3;8H,4-7H2,1-3H3;4,12H,1H2,2-3H3/b;;;7-6-,12-4?. The average Bonchev–Trinajstić information content (AvgIpc) is 3.60. The number of rotatable bonds is 8. The molecule has 1 nitrogen and oxygen atoms in total. The smallest absolute Gasteiger partial charge is 0.308 e. The van der Waals surface area contributed by atoms with Crippen LogP contribution in [-0.2, 0) is 0 Å². The van der Waals surface area contributed by atoms with Crippen LogP contribution in [0.25, 0.3) is 5.57 Å². The lowest BCUT2D eigenvalue weighted by Gasteiger charge is -2.33. The molecule has 6 heteroatoms. The molecule has 0 aliphatic heterocycles. The number of nitrogens with one attached hydrogen (secondary N) is 1. The molecule has 0 saturated heterocycles. The monoisotopic (exact) mass is 641 g/mol. The summed E-state index contributed by atoms with van der Waals surface area (Å²) in [6, 6.07) is 5.48. The highest BCUT2D eigenvalue weighted by atomic mass is 35.5. The molecule has 3 rings (SSSR count). The van der Waals surface area contributed by atoms with Gasteiger partial charge in [0.05, 0.1) is 0 Å². The SMILES string of the molecule is C=C(C)/C(C=N)=C(/C)C(F)(F)F.C=C(CC)c1c(Cl)cccc1Cl.C=CC1(C)CCC(C)CC1.CCCC1(CC)CC1C. The van der Waals surface area contributed by atoms with Crippen molar-refractivity contribution in [2.24, 2.45) is 22.7 Å². The highest BCUT2D eigenvalue weighted by Crippen LogP contribution is 2.57. The van der Waals surface area contributed by atoms with Crippen LogP contribution in [0.1, 0.15) is 119 Å². The Morgan fingerprint density at radius 3 is 1.79 bits per heavy atom. The Kier molecular flexibility index (Phi) is 18.1. The summed E-state index contributed by atoms with van der Waals surface area (Å²) in [5.74, 6) is 1.98. The van der Waals surface area contributed by atoms with Crippen LogP contribution in [0.2, 0.25) is 10.0 Å². The molecule has 1 aromatic rings. The number of hydrogen-bond donors (Lipinski definition) is 1. The van der Waals surface area contributed by atoms with E-state index in [0.717, 1.165) is 41.7 Å². The van der Waals surface area contributed by atoms with Gasteiger partial charge >= 0.3 is 6.18 Å². The molecule has 0 bridgehead atoms. The number of hydrogen-bond acceptors (Lipinski definition) is 1. The van der Waals surface area contributed by atoms with Crippen LogP contribution in [0.4, 0.5) is 13.2 Å². The summed E-state index contributed by atoms with van der Waals surface area (Å²) >= 11 is 11.9. The van der Waals surface area contributed by atoms with Gasteiger partial charge in [-0.1, -0.05) is 103 Å². The van der Waals surface area contributed by atoms with Gasteiger partial charge in [-0.3, -0.25) is 0 Å². The van der Waals surface area contributed by atoms with Gasteiger partial charge in [0.15, 0.2) is 0 Å². The lowest BCUT2D eigenvalue weighted by Crippen LogP contribution is -2.20. The summed E-state index contributed by atoms with van der Waals surface area (Å²) in [7, 11) is 0. The zero-order valence-electron chi connectivity index (χ0n) is 27.9. The molecule has 2 saturated carbocycles. The van der Waals surface area contributed by atoms with E-state index in [-0.39, 0.29) is 11.1 Å². The molecular weight excluding hydrogens is 586 g/mol. The zero-order valence-corrected chi connectivity index (χ0v) is 29.4. The van der Waals surface area contributed by atoms with Gasteiger partial charge < -0.3 is 5.41 Å². The second kappa shape index (κ2) is 18.9. The second-order valence-electron chi connectivity index (χ2n) is 12.6. The van der Waals surface area contributed by atoms with E-state index in [1.807, 2.05) is 25.1 Å². The predicted molar refractivity (Wildman–Crippen MR) is 185 cm³/mol. The normalized spacial score (nSPS) is 24.8. The van der Waals surface area contributed by atoms with Crippen LogP contribution in [0.3, 0.4) is 0 Å². The molecule has 0 spiro atoms. The molecule has 2 atom stereocenters. The third kappa shape index (κ3) is 13.8. The Morgan fingerprint density at radius 1 is 1.05 bits per heavy atom. The summed E-state index contributed by atoms with van der Waals surface area (Å²) < 4.78 is 36.1. The van der Waals surface area contributed by atoms with E-state index < -0.39 is 11.7 Å². The quantitative estimate of drug-likeness (QED) is 0.166. The Bertz CT molecular complexity index is 1070. The minimum Gasteiger partial charge on any atom is -0.308 e. The fourth-order valence-electron chi connectivity index (χ4n) is 5.41. The zero-order chi connectivity index (χ0) is 33.6. The van der Waals surface area contributed by atoms with Gasteiger partial charge in [0.1, 0.15) is 0 Å². The number of alkyl halides is 3. The highest BCUT2D eigenvalue weighted by molar-refractivity contribution is 6.37. The van der Waals surface area contributed by atoms with E-state index in [0.29, 0.717) is 21.7 Å².